The minimum absolute atomic E-state index is 0.0381. The molecule has 1 heterocycles. The molecular formula is C20H13F2N3O2. The largest absolute Gasteiger partial charge is 0.507 e. The molecule has 2 N–H and O–H groups in total. The summed E-state index contributed by atoms with van der Waals surface area (Å²) in [5.74, 6) is -1.38. The Hall–Kier alpha value is -3.74. The van der Waals surface area contributed by atoms with Crippen LogP contribution in [0.2, 0.25) is 0 Å². The first-order valence-electron chi connectivity index (χ1n) is 8.04. The molecule has 3 aromatic carbocycles. The lowest BCUT2D eigenvalue weighted by Crippen LogP contribution is -2.03. The Morgan fingerprint density at radius 1 is 0.778 bits per heavy atom. The Morgan fingerprint density at radius 3 is 2.04 bits per heavy atom. The van der Waals surface area contributed by atoms with E-state index in [9.17, 15) is 19.0 Å². The van der Waals surface area contributed by atoms with E-state index in [1.165, 1.54) is 22.9 Å². The van der Waals surface area contributed by atoms with Crippen LogP contribution in [0.4, 0.5) is 8.78 Å². The molecule has 0 saturated carbocycles. The number of phenols is 2. The first kappa shape index (κ1) is 16.7. The maximum Gasteiger partial charge on any atom is 0.185 e. The highest BCUT2D eigenvalue weighted by Gasteiger charge is 2.20. The highest BCUT2D eigenvalue weighted by atomic mass is 19.1. The van der Waals surface area contributed by atoms with Gasteiger partial charge in [-0.2, -0.15) is 0 Å². The monoisotopic (exact) mass is 365 g/mol. The maximum atomic E-state index is 14.4. The third-order valence-corrected chi connectivity index (χ3v) is 4.03. The molecule has 0 atom stereocenters. The number of rotatable bonds is 3. The van der Waals surface area contributed by atoms with Gasteiger partial charge in [-0.3, -0.25) is 0 Å². The van der Waals surface area contributed by atoms with Gasteiger partial charge in [0.2, 0.25) is 0 Å². The quantitative estimate of drug-likeness (QED) is 0.568. The van der Waals surface area contributed by atoms with Crippen molar-refractivity contribution >= 4 is 0 Å². The third kappa shape index (κ3) is 2.99. The molecule has 4 aromatic rings. The molecule has 0 aliphatic rings. The molecule has 0 aliphatic carbocycles. The summed E-state index contributed by atoms with van der Waals surface area (Å²) in [6.45, 7) is 0. The zero-order chi connectivity index (χ0) is 19.0. The second-order valence-electron chi connectivity index (χ2n) is 5.80. The summed E-state index contributed by atoms with van der Waals surface area (Å²) < 4.78 is 28.9. The summed E-state index contributed by atoms with van der Waals surface area (Å²) in [6.07, 6.45) is 0. The van der Waals surface area contributed by atoms with Crippen molar-refractivity contribution in [1.29, 1.82) is 0 Å². The normalized spacial score (nSPS) is 10.9. The van der Waals surface area contributed by atoms with E-state index in [4.69, 9.17) is 0 Å². The van der Waals surface area contributed by atoms with E-state index in [2.05, 4.69) is 10.1 Å². The SMILES string of the molecule is Oc1ccccc1-c1nc(-c2ccccc2O)n(-c2ccc(F)cc2F)n1. The van der Waals surface area contributed by atoms with Gasteiger partial charge in [0.05, 0.1) is 11.1 Å². The zero-order valence-corrected chi connectivity index (χ0v) is 13.8. The van der Waals surface area contributed by atoms with Crippen molar-refractivity contribution in [3.63, 3.8) is 0 Å². The minimum Gasteiger partial charge on any atom is -0.507 e. The predicted octanol–water partition coefficient (Wildman–Crippen LogP) is 4.29. The second-order valence-corrected chi connectivity index (χ2v) is 5.80. The van der Waals surface area contributed by atoms with Gasteiger partial charge >= 0.3 is 0 Å². The Kier molecular flexibility index (Phi) is 4.04. The van der Waals surface area contributed by atoms with Crippen LogP contribution in [0.1, 0.15) is 0 Å². The van der Waals surface area contributed by atoms with Crippen molar-refractivity contribution in [2.24, 2.45) is 0 Å². The predicted molar refractivity (Wildman–Crippen MR) is 95.5 cm³/mol. The highest BCUT2D eigenvalue weighted by molar-refractivity contribution is 5.70. The molecule has 27 heavy (non-hydrogen) atoms. The van der Waals surface area contributed by atoms with E-state index in [-0.39, 0.29) is 28.8 Å². The number of phenolic OH excluding ortho intramolecular Hbond substituents is 2. The molecule has 0 unspecified atom stereocenters. The smallest absolute Gasteiger partial charge is 0.185 e. The van der Waals surface area contributed by atoms with Crippen molar-refractivity contribution in [2.75, 3.05) is 0 Å². The molecular weight excluding hydrogens is 352 g/mol. The van der Waals surface area contributed by atoms with Crippen molar-refractivity contribution < 1.29 is 19.0 Å². The van der Waals surface area contributed by atoms with Crippen LogP contribution in [0, 0.1) is 11.6 Å². The number of hydrogen-bond acceptors (Lipinski definition) is 4. The van der Waals surface area contributed by atoms with Gasteiger partial charge in [-0.25, -0.2) is 18.4 Å². The van der Waals surface area contributed by atoms with Crippen molar-refractivity contribution in [3.8, 4) is 40.0 Å². The first-order chi connectivity index (χ1) is 13.0. The van der Waals surface area contributed by atoms with Gasteiger partial charge < -0.3 is 10.2 Å². The average molecular weight is 365 g/mol. The summed E-state index contributed by atoms with van der Waals surface area (Å²) in [6, 6.07) is 15.9. The third-order valence-electron chi connectivity index (χ3n) is 4.03. The molecule has 0 fully saturated rings. The van der Waals surface area contributed by atoms with Crippen molar-refractivity contribution in [2.45, 2.75) is 0 Å². The molecule has 4 rings (SSSR count). The van der Waals surface area contributed by atoms with Gasteiger partial charge in [0, 0.05) is 6.07 Å². The fourth-order valence-corrected chi connectivity index (χ4v) is 2.75. The number of benzene rings is 3. The number of aromatic nitrogens is 3. The average Bonchev–Trinajstić information content (AvgIpc) is 3.07. The molecule has 0 spiro atoms. The summed E-state index contributed by atoms with van der Waals surface area (Å²) in [4.78, 5) is 4.38. The Balaban J connectivity index is 1.99. The molecule has 0 saturated heterocycles. The summed E-state index contributed by atoms with van der Waals surface area (Å²) in [7, 11) is 0. The van der Waals surface area contributed by atoms with Crippen molar-refractivity contribution in [3.05, 3.63) is 78.4 Å². The Bertz CT molecular complexity index is 1140. The summed E-state index contributed by atoms with van der Waals surface area (Å²) in [5, 5.41) is 24.6. The molecule has 0 radical (unpaired) electrons. The van der Waals surface area contributed by atoms with E-state index in [1.54, 1.807) is 36.4 Å². The van der Waals surface area contributed by atoms with E-state index in [1.807, 2.05) is 0 Å². The van der Waals surface area contributed by atoms with Crippen LogP contribution < -0.4 is 0 Å². The van der Waals surface area contributed by atoms with Gasteiger partial charge in [-0.1, -0.05) is 24.3 Å². The van der Waals surface area contributed by atoms with Gasteiger partial charge in [0.25, 0.3) is 0 Å². The number of hydrogen-bond donors (Lipinski definition) is 2. The van der Waals surface area contributed by atoms with Crippen LogP contribution in [0.3, 0.4) is 0 Å². The summed E-state index contributed by atoms with van der Waals surface area (Å²) >= 11 is 0. The van der Waals surface area contributed by atoms with Crippen molar-refractivity contribution in [1.82, 2.24) is 14.8 Å². The molecule has 7 heteroatoms. The van der Waals surface area contributed by atoms with E-state index in [0.29, 0.717) is 11.1 Å². The first-order valence-corrected chi connectivity index (χ1v) is 8.04. The van der Waals surface area contributed by atoms with Crippen LogP contribution in [0.25, 0.3) is 28.5 Å². The number of halogens is 2. The molecule has 0 bridgehead atoms. The van der Waals surface area contributed by atoms with Gasteiger partial charge in [0.1, 0.15) is 23.0 Å². The molecule has 0 aliphatic heterocycles. The van der Waals surface area contributed by atoms with Crippen LogP contribution in [-0.2, 0) is 0 Å². The Labute approximate surface area is 152 Å². The van der Waals surface area contributed by atoms with Gasteiger partial charge in [0.15, 0.2) is 17.5 Å². The molecule has 1 aromatic heterocycles. The lowest BCUT2D eigenvalue weighted by atomic mass is 10.1. The Morgan fingerprint density at radius 2 is 1.41 bits per heavy atom. The zero-order valence-electron chi connectivity index (χ0n) is 13.8. The topological polar surface area (TPSA) is 71.2 Å². The van der Waals surface area contributed by atoms with Crippen LogP contribution in [0.15, 0.2) is 66.7 Å². The molecule has 134 valence electrons. The maximum absolute atomic E-state index is 14.4. The fourth-order valence-electron chi connectivity index (χ4n) is 2.75. The number of para-hydroxylation sites is 2. The van der Waals surface area contributed by atoms with Crippen LogP contribution in [-0.4, -0.2) is 25.0 Å². The summed E-state index contributed by atoms with van der Waals surface area (Å²) in [5.41, 5.74) is 0.620. The standard InChI is InChI=1S/C20H13F2N3O2/c21-12-9-10-16(15(22)11-12)25-20(14-6-2-4-8-18(14)27)23-19(24-25)13-5-1-3-7-17(13)26/h1-11,26-27H. The lowest BCUT2D eigenvalue weighted by molar-refractivity contribution is 0.476. The number of nitrogens with zero attached hydrogens (tertiary/aromatic N) is 3. The van der Waals surface area contributed by atoms with Crippen LogP contribution >= 0.6 is 0 Å². The lowest BCUT2D eigenvalue weighted by Gasteiger charge is -2.08. The van der Waals surface area contributed by atoms with E-state index in [0.717, 1.165) is 12.1 Å². The number of aromatic hydroxyl groups is 2. The van der Waals surface area contributed by atoms with E-state index >= 15 is 0 Å². The minimum atomic E-state index is -0.833. The van der Waals surface area contributed by atoms with Gasteiger partial charge in [-0.15, -0.1) is 5.10 Å². The molecule has 0 amide bonds. The van der Waals surface area contributed by atoms with Crippen LogP contribution in [0.5, 0.6) is 11.5 Å². The van der Waals surface area contributed by atoms with E-state index < -0.39 is 11.6 Å². The van der Waals surface area contributed by atoms with Gasteiger partial charge in [-0.05, 0) is 36.4 Å². The second kappa shape index (κ2) is 6.53. The molecule has 5 nitrogen and oxygen atoms in total. The fraction of sp³-hybridized carbons (Fsp3) is 0. The highest BCUT2D eigenvalue weighted by Crippen LogP contribution is 2.33.